The van der Waals surface area contributed by atoms with Gasteiger partial charge in [-0.15, -0.1) is 0 Å². The first-order chi connectivity index (χ1) is 7.29. The standard InChI is InChI=1S/C12H15NO2/c1-15-12(14)13-11-6-7-2-3-10(11)9-5-4-8(7)9/h2-5,7-11H,6H2,1H3,(H,13,14). The van der Waals surface area contributed by atoms with E-state index in [-0.39, 0.29) is 12.1 Å². The predicted molar refractivity (Wildman–Crippen MR) is 56.2 cm³/mol. The highest BCUT2D eigenvalue weighted by Crippen LogP contribution is 2.50. The van der Waals surface area contributed by atoms with Gasteiger partial charge in [-0.3, -0.25) is 0 Å². The Morgan fingerprint density at radius 1 is 1.20 bits per heavy atom. The van der Waals surface area contributed by atoms with Crippen molar-refractivity contribution < 1.29 is 9.53 Å². The summed E-state index contributed by atoms with van der Waals surface area (Å²) in [5, 5.41) is 2.94. The molecule has 4 aliphatic carbocycles. The summed E-state index contributed by atoms with van der Waals surface area (Å²) in [5.41, 5.74) is 0. The summed E-state index contributed by atoms with van der Waals surface area (Å²) < 4.78 is 4.65. The first-order valence-corrected chi connectivity index (χ1v) is 5.51. The number of amides is 1. The highest BCUT2D eigenvalue weighted by atomic mass is 16.5. The molecule has 3 nitrogen and oxygen atoms in total. The molecule has 0 aliphatic heterocycles. The first-order valence-electron chi connectivity index (χ1n) is 5.51. The van der Waals surface area contributed by atoms with Gasteiger partial charge in [-0.2, -0.15) is 0 Å². The Labute approximate surface area is 89.2 Å². The minimum atomic E-state index is -0.305. The lowest BCUT2D eigenvalue weighted by Gasteiger charge is -2.51. The smallest absolute Gasteiger partial charge is 0.407 e. The molecule has 5 atom stereocenters. The van der Waals surface area contributed by atoms with E-state index in [9.17, 15) is 4.79 Å². The normalized spacial score (nSPS) is 44.5. The van der Waals surface area contributed by atoms with Gasteiger partial charge in [0.2, 0.25) is 0 Å². The van der Waals surface area contributed by atoms with E-state index in [0.717, 1.165) is 12.3 Å². The Morgan fingerprint density at radius 3 is 2.53 bits per heavy atom. The van der Waals surface area contributed by atoms with Gasteiger partial charge in [-0.05, 0) is 24.2 Å². The number of fused-ring (bicyclic) bond motifs is 1. The summed E-state index contributed by atoms with van der Waals surface area (Å²) in [6, 6.07) is 0.263. The molecule has 5 unspecified atom stereocenters. The topological polar surface area (TPSA) is 38.3 Å². The van der Waals surface area contributed by atoms with Crippen LogP contribution in [0.3, 0.4) is 0 Å². The SMILES string of the molecule is COC(=O)NC1CC2C=CC1C1C=CC21. The second-order valence-corrected chi connectivity index (χ2v) is 4.64. The molecule has 4 rings (SSSR count). The molecular formula is C12H15NO2. The maximum Gasteiger partial charge on any atom is 0.407 e. The average molecular weight is 205 g/mol. The molecule has 80 valence electrons. The maximum atomic E-state index is 11.2. The molecule has 1 fully saturated rings. The van der Waals surface area contributed by atoms with Gasteiger partial charge in [0, 0.05) is 12.0 Å². The molecule has 15 heavy (non-hydrogen) atoms. The van der Waals surface area contributed by atoms with Crippen LogP contribution in [0.15, 0.2) is 24.3 Å². The van der Waals surface area contributed by atoms with Gasteiger partial charge in [0.15, 0.2) is 0 Å². The number of alkyl carbamates (subject to hydrolysis) is 1. The second kappa shape index (κ2) is 3.12. The van der Waals surface area contributed by atoms with Crippen LogP contribution in [-0.4, -0.2) is 19.2 Å². The van der Waals surface area contributed by atoms with Crippen LogP contribution in [0.5, 0.6) is 0 Å². The zero-order chi connectivity index (χ0) is 10.4. The van der Waals surface area contributed by atoms with Crippen LogP contribution in [-0.2, 0) is 4.74 Å². The quantitative estimate of drug-likeness (QED) is 0.662. The number of allylic oxidation sites excluding steroid dienone is 3. The van der Waals surface area contributed by atoms with Crippen LogP contribution >= 0.6 is 0 Å². The van der Waals surface area contributed by atoms with Crippen molar-refractivity contribution >= 4 is 6.09 Å². The molecule has 1 N–H and O–H groups in total. The first kappa shape index (κ1) is 9.01. The minimum absolute atomic E-state index is 0.263. The summed E-state index contributed by atoms with van der Waals surface area (Å²) >= 11 is 0. The Kier molecular flexibility index (Phi) is 1.87. The van der Waals surface area contributed by atoms with Crippen LogP contribution in [0.2, 0.25) is 0 Å². The second-order valence-electron chi connectivity index (χ2n) is 4.64. The number of hydrogen-bond donors (Lipinski definition) is 1. The van der Waals surface area contributed by atoms with Crippen molar-refractivity contribution in [3.8, 4) is 0 Å². The molecule has 0 radical (unpaired) electrons. The maximum absolute atomic E-state index is 11.2. The van der Waals surface area contributed by atoms with Crippen LogP contribution in [0.25, 0.3) is 0 Å². The average Bonchev–Trinajstić information content (AvgIpc) is 2.18. The number of nitrogens with one attached hydrogen (secondary N) is 1. The Hall–Kier alpha value is -1.25. The van der Waals surface area contributed by atoms with Crippen LogP contribution in [0, 0.1) is 23.7 Å². The number of carbonyl (C=O) groups is 1. The number of hydrogen-bond acceptors (Lipinski definition) is 2. The molecule has 0 aromatic heterocycles. The van der Waals surface area contributed by atoms with E-state index in [2.05, 4.69) is 34.4 Å². The number of carbonyl (C=O) groups excluding carboxylic acids is 1. The number of ether oxygens (including phenoxy) is 1. The summed E-state index contributed by atoms with van der Waals surface area (Å²) in [6.45, 7) is 0. The Bertz CT molecular complexity index is 348. The number of methoxy groups -OCH3 is 1. The summed E-state index contributed by atoms with van der Waals surface area (Å²) in [5.74, 6) is 2.47. The van der Waals surface area contributed by atoms with Crippen molar-refractivity contribution in [2.75, 3.05) is 7.11 Å². The van der Waals surface area contributed by atoms with Crippen molar-refractivity contribution in [1.82, 2.24) is 5.32 Å². The zero-order valence-corrected chi connectivity index (χ0v) is 8.72. The van der Waals surface area contributed by atoms with E-state index < -0.39 is 0 Å². The molecule has 1 amide bonds. The lowest BCUT2D eigenvalue weighted by atomic mass is 9.56. The third-order valence-corrected chi connectivity index (χ3v) is 4.00. The van der Waals surface area contributed by atoms with Crippen LogP contribution in [0.1, 0.15) is 6.42 Å². The van der Waals surface area contributed by atoms with Crippen molar-refractivity contribution in [2.24, 2.45) is 23.7 Å². The highest BCUT2D eigenvalue weighted by molar-refractivity contribution is 5.67. The minimum Gasteiger partial charge on any atom is -0.453 e. The fourth-order valence-electron chi connectivity index (χ4n) is 3.16. The Morgan fingerprint density at radius 2 is 1.93 bits per heavy atom. The van der Waals surface area contributed by atoms with Crippen LogP contribution in [0.4, 0.5) is 4.79 Å². The van der Waals surface area contributed by atoms with E-state index in [0.29, 0.717) is 17.8 Å². The molecule has 0 saturated heterocycles. The number of rotatable bonds is 1. The van der Waals surface area contributed by atoms with E-state index in [1.54, 1.807) is 0 Å². The lowest BCUT2D eigenvalue weighted by molar-refractivity contribution is 0.113. The third-order valence-electron chi connectivity index (χ3n) is 4.00. The largest absolute Gasteiger partial charge is 0.453 e. The van der Waals surface area contributed by atoms with Gasteiger partial charge in [0.05, 0.1) is 7.11 Å². The van der Waals surface area contributed by atoms with Crippen LogP contribution < -0.4 is 5.32 Å². The van der Waals surface area contributed by atoms with Gasteiger partial charge in [0.25, 0.3) is 0 Å². The Balaban J connectivity index is 1.76. The van der Waals surface area contributed by atoms with Gasteiger partial charge >= 0.3 is 6.09 Å². The monoisotopic (exact) mass is 205 g/mol. The van der Waals surface area contributed by atoms with Crippen molar-refractivity contribution in [1.29, 1.82) is 0 Å². The molecule has 2 bridgehead atoms. The van der Waals surface area contributed by atoms with E-state index >= 15 is 0 Å². The summed E-state index contributed by atoms with van der Waals surface area (Å²) in [4.78, 5) is 11.2. The highest BCUT2D eigenvalue weighted by Gasteiger charge is 2.47. The molecule has 1 saturated carbocycles. The van der Waals surface area contributed by atoms with Crippen molar-refractivity contribution in [3.63, 3.8) is 0 Å². The summed E-state index contributed by atoms with van der Waals surface area (Å²) in [6.07, 6.45) is 9.91. The van der Waals surface area contributed by atoms with Gasteiger partial charge < -0.3 is 10.1 Å². The van der Waals surface area contributed by atoms with E-state index in [1.807, 2.05) is 0 Å². The summed E-state index contributed by atoms with van der Waals surface area (Å²) in [7, 11) is 1.41. The molecule has 0 aromatic rings. The molecule has 0 spiro atoms. The predicted octanol–water partition coefficient (Wildman–Crippen LogP) is 1.72. The van der Waals surface area contributed by atoms with Gasteiger partial charge in [-0.1, -0.05) is 24.3 Å². The fraction of sp³-hybridized carbons (Fsp3) is 0.583. The van der Waals surface area contributed by atoms with Crippen molar-refractivity contribution in [3.05, 3.63) is 24.3 Å². The van der Waals surface area contributed by atoms with E-state index in [4.69, 9.17) is 0 Å². The van der Waals surface area contributed by atoms with Crippen molar-refractivity contribution in [2.45, 2.75) is 12.5 Å². The van der Waals surface area contributed by atoms with Gasteiger partial charge in [0.1, 0.15) is 0 Å². The van der Waals surface area contributed by atoms with Gasteiger partial charge in [-0.25, -0.2) is 4.79 Å². The fourth-order valence-corrected chi connectivity index (χ4v) is 3.16. The third kappa shape index (κ3) is 1.22. The molecular weight excluding hydrogens is 190 g/mol. The lowest BCUT2D eigenvalue weighted by Crippen LogP contribution is -2.53. The zero-order valence-electron chi connectivity index (χ0n) is 8.72. The molecule has 3 heteroatoms. The molecule has 0 aromatic carbocycles. The molecule has 0 heterocycles. The molecule has 4 aliphatic rings. The van der Waals surface area contributed by atoms with E-state index in [1.165, 1.54) is 7.11 Å².